The van der Waals surface area contributed by atoms with Crippen LogP contribution in [-0.2, 0) is 16.1 Å². The largest absolute Gasteiger partial charge is 0.378 e. The van der Waals surface area contributed by atoms with E-state index in [0.29, 0.717) is 26.3 Å². The Morgan fingerprint density at radius 2 is 2.16 bits per heavy atom. The molecule has 1 aromatic rings. The highest BCUT2D eigenvalue weighted by Crippen LogP contribution is 1.98. The number of aromatic nitrogens is 1. The lowest BCUT2D eigenvalue weighted by molar-refractivity contribution is -0.490. The highest BCUT2D eigenvalue weighted by atomic mass is 16.7. The fourth-order valence-electron chi connectivity index (χ4n) is 1.83. The summed E-state index contributed by atoms with van der Waals surface area (Å²) in [4.78, 5) is 24.1. The third-order valence-electron chi connectivity index (χ3n) is 2.77. The topological polar surface area (TPSA) is 90.0 Å². The molecule has 1 aliphatic heterocycles. The van der Waals surface area contributed by atoms with E-state index in [0.717, 1.165) is 0 Å². The Bertz CT molecular complexity index is 533. The lowest BCUT2D eigenvalue weighted by Gasteiger charge is -2.27. The molecule has 19 heavy (non-hydrogen) atoms. The number of morpholine rings is 1. The van der Waals surface area contributed by atoms with Crippen molar-refractivity contribution in [2.24, 2.45) is 5.10 Å². The molecule has 1 saturated heterocycles. The zero-order chi connectivity index (χ0) is 13.7. The van der Waals surface area contributed by atoms with Crippen LogP contribution in [0.25, 0.3) is 0 Å². The Morgan fingerprint density at radius 3 is 2.84 bits per heavy atom. The Hall–Kier alpha value is -2.22. The number of ether oxygens (including phenoxy) is 1. The van der Waals surface area contributed by atoms with Crippen molar-refractivity contribution in [3.8, 4) is 0 Å². The van der Waals surface area contributed by atoms with E-state index in [4.69, 9.17) is 4.74 Å². The van der Waals surface area contributed by atoms with Crippen LogP contribution in [-0.4, -0.2) is 46.7 Å². The molecule has 1 aromatic heterocycles. The molecule has 0 N–H and O–H groups in total. The monoisotopic (exact) mass is 266 g/mol. The summed E-state index contributed by atoms with van der Waals surface area (Å²) >= 11 is 0. The predicted octanol–water partition coefficient (Wildman–Crippen LogP) is -0.561. The van der Waals surface area contributed by atoms with Gasteiger partial charge in [0, 0.05) is 19.3 Å². The summed E-state index contributed by atoms with van der Waals surface area (Å²) in [5.41, 5.74) is 0.147. The van der Waals surface area contributed by atoms with Gasteiger partial charge in [0.1, 0.15) is 6.54 Å². The normalized spacial score (nSPS) is 16.4. The van der Waals surface area contributed by atoms with E-state index >= 15 is 0 Å². The molecule has 1 amide bonds. The Kier molecular flexibility index (Phi) is 4.24. The third kappa shape index (κ3) is 3.62. The van der Waals surface area contributed by atoms with Crippen LogP contribution in [0, 0.1) is 10.1 Å². The number of hydrogen-bond acceptors (Lipinski definition) is 4. The number of pyridine rings is 1. The maximum atomic E-state index is 12.0. The first-order chi connectivity index (χ1) is 9.16. The molecule has 8 nitrogen and oxygen atoms in total. The second-order valence-electron chi connectivity index (χ2n) is 4.02. The highest BCUT2D eigenvalue weighted by molar-refractivity contribution is 5.76. The van der Waals surface area contributed by atoms with Gasteiger partial charge in [0.15, 0.2) is 5.03 Å². The van der Waals surface area contributed by atoms with Crippen LogP contribution in [0.3, 0.4) is 0 Å². The molecule has 1 aliphatic rings. The van der Waals surface area contributed by atoms with Crippen molar-refractivity contribution < 1.29 is 14.6 Å². The van der Waals surface area contributed by atoms with Crippen LogP contribution in [0.1, 0.15) is 0 Å². The number of rotatable bonds is 3. The van der Waals surface area contributed by atoms with Gasteiger partial charge in [0.25, 0.3) is 0 Å². The number of amides is 1. The van der Waals surface area contributed by atoms with Gasteiger partial charge in [-0.15, -0.1) is 0 Å². The minimum atomic E-state index is -0.773. The smallest absolute Gasteiger partial charge is 0.242 e. The van der Waals surface area contributed by atoms with Crippen LogP contribution in [0.5, 0.6) is 0 Å². The number of nitrogens with zero attached hydrogens (tertiary/aromatic N) is 4. The van der Waals surface area contributed by atoms with E-state index in [9.17, 15) is 14.9 Å². The fraction of sp³-hybridized carbons (Fsp3) is 0.455. The number of nitro groups is 1. The van der Waals surface area contributed by atoms with Gasteiger partial charge in [0.2, 0.25) is 11.4 Å². The molecule has 0 aliphatic carbocycles. The second-order valence-corrected chi connectivity index (χ2v) is 4.02. The minimum Gasteiger partial charge on any atom is -0.378 e. The van der Waals surface area contributed by atoms with Gasteiger partial charge in [-0.1, -0.05) is 6.07 Å². The van der Waals surface area contributed by atoms with Gasteiger partial charge >= 0.3 is 0 Å². The molecule has 8 heteroatoms. The molecule has 0 aromatic carbocycles. The Morgan fingerprint density at radius 1 is 1.42 bits per heavy atom. The summed E-state index contributed by atoms with van der Waals surface area (Å²) in [6.45, 7) is 2.18. The number of carbonyl (C=O) groups is 1. The maximum Gasteiger partial charge on any atom is 0.242 e. The van der Waals surface area contributed by atoms with E-state index in [-0.39, 0.29) is 17.9 Å². The SMILES string of the molecule is O=C(Cn1ccccc1=N[N+](=O)[O-])N1CCOCC1. The van der Waals surface area contributed by atoms with Crippen molar-refractivity contribution in [2.75, 3.05) is 26.3 Å². The molecule has 102 valence electrons. The standard InChI is InChI=1S/C11H14N4O4/c16-11(13-5-7-19-8-6-13)9-14-4-2-1-3-10(14)12-15(17)18/h1-4H,5-9H2. The zero-order valence-corrected chi connectivity index (χ0v) is 10.3. The second kappa shape index (κ2) is 6.10. The molecular weight excluding hydrogens is 252 g/mol. The molecule has 0 bridgehead atoms. The number of carbonyl (C=O) groups excluding carboxylic acids is 1. The summed E-state index contributed by atoms with van der Waals surface area (Å²) in [6, 6.07) is 4.83. The lowest BCUT2D eigenvalue weighted by Crippen LogP contribution is -2.43. The molecule has 0 atom stereocenters. The fourth-order valence-corrected chi connectivity index (χ4v) is 1.83. The van der Waals surface area contributed by atoms with E-state index in [1.165, 1.54) is 10.6 Å². The van der Waals surface area contributed by atoms with Crippen molar-refractivity contribution in [3.63, 3.8) is 0 Å². The first-order valence-corrected chi connectivity index (χ1v) is 5.87. The summed E-state index contributed by atoms with van der Waals surface area (Å²) in [6.07, 6.45) is 1.60. The van der Waals surface area contributed by atoms with Crippen LogP contribution < -0.4 is 5.49 Å². The average Bonchev–Trinajstić information content (AvgIpc) is 2.41. The molecule has 1 fully saturated rings. The van der Waals surface area contributed by atoms with Gasteiger partial charge in [-0.25, -0.2) is 10.1 Å². The van der Waals surface area contributed by atoms with Crippen molar-refractivity contribution >= 4 is 5.91 Å². The quantitative estimate of drug-likeness (QED) is 0.541. The van der Waals surface area contributed by atoms with Crippen molar-refractivity contribution in [3.05, 3.63) is 40.0 Å². The molecule has 0 unspecified atom stereocenters. The van der Waals surface area contributed by atoms with Gasteiger partial charge in [-0.05, 0) is 12.1 Å². The summed E-state index contributed by atoms with van der Waals surface area (Å²) in [7, 11) is 0. The first kappa shape index (κ1) is 13.2. The van der Waals surface area contributed by atoms with Crippen LogP contribution >= 0.6 is 0 Å². The van der Waals surface area contributed by atoms with Crippen molar-refractivity contribution in [1.82, 2.24) is 9.47 Å². The van der Waals surface area contributed by atoms with Crippen LogP contribution in [0.4, 0.5) is 0 Å². The van der Waals surface area contributed by atoms with Crippen molar-refractivity contribution in [1.29, 1.82) is 0 Å². The van der Waals surface area contributed by atoms with Gasteiger partial charge < -0.3 is 14.2 Å². The summed E-state index contributed by atoms with van der Waals surface area (Å²) < 4.78 is 6.63. The molecule has 0 radical (unpaired) electrons. The van der Waals surface area contributed by atoms with Gasteiger partial charge in [-0.3, -0.25) is 4.79 Å². The summed E-state index contributed by atoms with van der Waals surface area (Å²) in [5.74, 6) is -0.0979. The lowest BCUT2D eigenvalue weighted by atomic mass is 10.4. The Balaban J connectivity index is 2.14. The average molecular weight is 266 g/mol. The van der Waals surface area contributed by atoms with Gasteiger partial charge in [0.05, 0.1) is 18.3 Å². The predicted molar refractivity (Wildman–Crippen MR) is 64.4 cm³/mol. The minimum absolute atomic E-state index is 0.0352. The third-order valence-corrected chi connectivity index (χ3v) is 2.77. The summed E-state index contributed by atoms with van der Waals surface area (Å²) in [5, 5.41) is 12.9. The molecule has 0 spiro atoms. The Labute approximate surface area is 109 Å². The van der Waals surface area contributed by atoms with Crippen LogP contribution in [0.15, 0.2) is 29.5 Å². The first-order valence-electron chi connectivity index (χ1n) is 5.87. The molecular formula is C11H14N4O4. The van der Waals surface area contributed by atoms with E-state index in [2.05, 4.69) is 5.10 Å². The zero-order valence-electron chi connectivity index (χ0n) is 10.3. The maximum absolute atomic E-state index is 12.0. The molecule has 2 rings (SSSR count). The van der Waals surface area contributed by atoms with E-state index in [1.54, 1.807) is 23.2 Å². The number of hydrogen-bond donors (Lipinski definition) is 0. The van der Waals surface area contributed by atoms with Gasteiger partial charge in [-0.2, -0.15) is 0 Å². The van der Waals surface area contributed by atoms with E-state index < -0.39 is 5.03 Å². The highest BCUT2D eigenvalue weighted by Gasteiger charge is 2.17. The van der Waals surface area contributed by atoms with Crippen LogP contribution in [0.2, 0.25) is 0 Å². The van der Waals surface area contributed by atoms with E-state index in [1.807, 2.05) is 0 Å². The van der Waals surface area contributed by atoms with Crippen molar-refractivity contribution in [2.45, 2.75) is 6.54 Å². The molecule has 2 heterocycles. The molecule has 0 saturated carbocycles.